The highest BCUT2D eigenvalue weighted by atomic mass is 14.5. The third-order valence-electron chi connectivity index (χ3n) is 3.39. The van der Waals surface area contributed by atoms with Gasteiger partial charge in [-0.05, 0) is 53.3 Å². The predicted molar refractivity (Wildman–Crippen MR) is 82.6 cm³/mol. The number of allylic oxidation sites excluding steroid dienone is 4. The summed E-state index contributed by atoms with van der Waals surface area (Å²) in [7, 11) is 0. The Morgan fingerprint density at radius 3 is 2.32 bits per heavy atom. The summed E-state index contributed by atoms with van der Waals surface area (Å²) in [6.45, 7) is 0. The smallest absolute Gasteiger partial charge is 0.0326 e. The van der Waals surface area contributed by atoms with Gasteiger partial charge >= 0.3 is 0 Å². The van der Waals surface area contributed by atoms with Crippen molar-refractivity contribution in [3.8, 4) is 11.1 Å². The summed E-state index contributed by atoms with van der Waals surface area (Å²) in [5.74, 6) is 0. The van der Waals surface area contributed by atoms with Crippen LogP contribution in [0.15, 0.2) is 66.8 Å². The summed E-state index contributed by atoms with van der Waals surface area (Å²) < 4.78 is 0. The van der Waals surface area contributed by atoms with Gasteiger partial charge in [-0.25, -0.2) is 0 Å². The Morgan fingerprint density at radius 1 is 0.789 bits per heavy atom. The maximum absolute atomic E-state index is 6.05. The monoisotopic (exact) mass is 247 g/mol. The van der Waals surface area contributed by atoms with E-state index in [9.17, 15) is 0 Å². The molecule has 0 bridgehead atoms. The molecule has 0 aromatic heterocycles. The second-order valence-electron chi connectivity index (χ2n) is 4.85. The molecule has 3 rings (SSSR count). The molecule has 0 fully saturated rings. The van der Waals surface area contributed by atoms with Gasteiger partial charge in [0.2, 0.25) is 0 Å². The number of nitrogens with two attached hydrogens (primary N) is 1. The van der Waals surface area contributed by atoms with Gasteiger partial charge < -0.3 is 5.73 Å². The quantitative estimate of drug-likeness (QED) is 0.767. The maximum Gasteiger partial charge on any atom is 0.0326 e. The van der Waals surface area contributed by atoms with Gasteiger partial charge in [-0.3, -0.25) is 0 Å². The van der Waals surface area contributed by atoms with Crippen molar-refractivity contribution in [1.29, 1.82) is 0 Å². The van der Waals surface area contributed by atoms with Gasteiger partial charge in [-0.2, -0.15) is 0 Å². The summed E-state index contributed by atoms with van der Waals surface area (Å²) in [4.78, 5) is 0. The lowest BCUT2D eigenvalue weighted by Gasteiger charge is -2.11. The average molecular weight is 247 g/mol. The van der Waals surface area contributed by atoms with Crippen molar-refractivity contribution in [3.05, 3.63) is 72.3 Å². The first-order chi connectivity index (χ1) is 9.33. The first-order valence-corrected chi connectivity index (χ1v) is 6.66. The minimum atomic E-state index is 0.816. The van der Waals surface area contributed by atoms with Crippen molar-refractivity contribution in [2.75, 3.05) is 5.73 Å². The molecule has 1 heteroatoms. The van der Waals surface area contributed by atoms with Crippen molar-refractivity contribution in [2.24, 2.45) is 0 Å². The van der Waals surface area contributed by atoms with Gasteiger partial charge in [0.05, 0.1) is 0 Å². The fourth-order valence-corrected chi connectivity index (χ4v) is 2.44. The van der Waals surface area contributed by atoms with Crippen LogP contribution in [0.1, 0.15) is 18.4 Å². The molecule has 0 atom stereocenters. The van der Waals surface area contributed by atoms with Crippen molar-refractivity contribution < 1.29 is 0 Å². The molecule has 1 aliphatic rings. The second-order valence-corrected chi connectivity index (χ2v) is 4.85. The van der Waals surface area contributed by atoms with Crippen LogP contribution in [0.25, 0.3) is 16.7 Å². The third-order valence-corrected chi connectivity index (χ3v) is 3.39. The summed E-state index contributed by atoms with van der Waals surface area (Å²) in [5, 5.41) is 0. The standard InChI is InChI=1S/C18H17N/c19-18-12-16(14-7-3-1-4-8-14)11-17(13-18)15-9-5-2-6-10-15/h1,3-5,7-13H,2,6,19H2. The highest BCUT2D eigenvalue weighted by Gasteiger charge is 2.05. The molecule has 0 saturated carbocycles. The van der Waals surface area contributed by atoms with E-state index in [2.05, 4.69) is 48.6 Å². The maximum atomic E-state index is 6.05. The van der Waals surface area contributed by atoms with E-state index < -0.39 is 0 Å². The van der Waals surface area contributed by atoms with E-state index in [-0.39, 0.29) is 0 Å². The van der Waals surface area contributed by atoms with Crippen LogP contribution < -0.4 is 5.73 Å². The van der Waals surface area contributed by atoms with Crippen LogP contribution in [0.3, 0.4) is 0 Å². The number of benzene rings is 2. The largest absolute Gasteiger partial charge is 0.399 e. The number of nitrogen functional groups attached to an aromatic ring is 1. The first kappa shape index (κ1) is 11.8. The van der Waals surface area contributed by atoms with Crippen molar-refractivity contribution >= 4 is 11.3 Å². The van der Waals surface area contributed by atoms with Crippen molar-refractivity contribution in [2.45, 2.75) is 12.8 Å². The van der Waals surface area contributed by atoms with E-state index in [0.29, 0.717) is 0 Å². The zero-order valence-electron chi connectivity index (χ0n) is 10.8. The molecule has 2 N–H and O–H groups in total. The number of hydrogen-bond donors (Lipinski definition) is 1. The number of anilines is 1. The number of hydrogen-bond acceptors (Lipinski definition) is 1. The zero-order valence-corrected chi connectivity index (χ0v) is 10.8. The van der Waals surface area contributed by atoms with Crippen LogP contribution in [0.4, 0.5) is 5.69 Å². The minimum absolute atomic E-state index is 0.816. The topological polar surface area (TPSA) is 26.0 Å². The normalized spacial score (nSPS) is 14.2. The molecule has 2 aromatic carbocycles. The Hall–Kier alpha value is -2.28. The predicted octanol–water partition coefficient (Wildman–Crippen LogP) is 4.67. The zero-order chi connectivity index (χ0) is 13.1. The van der Waals surface area contributed by atoms with Crippen LogP contribution in [-0.4, -0.2) is 0 Å². The fraction of sp³-hybridized carbons (Fsp3) is 0.111. The Morgan fingerprint density at radius 2 is 1.58 bits per heavy atom. The van der Waals surface area contributed by atoms with Gasteiger partial charge in [0.15, 0.2) is 0 Å². The molecule has 19 heavy (non-hydrogen) atoms. The van der Waals surface area contributed by atoms with Crippen LogP contribution in [0.5, 0.6) is 0 Å². The van der Waals surface area contributed by atoms with Gasteiger partial charge in [0, 0.05) is 5.69 Å². The molecular weight excluding hydrogens is 230 g/mol. The van der Waals surface area contributed by atoms with Gasteiger partial charge in [-0.1, -0.05) is 48.6 Å². The van der Waals surface area contributed by atoms with E-state index in [4.69, 9.17) is 5.73 Å². The third kappa shape index (κ3) is 2.60. The second kappa shape index (κ2) is 5.15. The van der Waals surface area contributed by atoms with Gasteiger partial charge in [0.1, 0.15) is 0 Å². The summed E-state index contributed by atoms with van der Waals surface area (Å²) in [5.41, 5.74) is 11.7. The highest BCUT2D eigenvalue weighted by molar-refractivity contribution is 5.81. The molecule has 0 unspecified atom stereocenters. The van der Waals surface area contributed by atoms with Crippen molar-refractivity contribution in [1.82, 2.24) is 0 Å². The lowest BCUT2D eigenvalue weighted by Crippen LogP contribution is -1.92. The highest BCUT2D eigenvalue weighted by Crippen LogP contribution is 2.29. The Kier molecular flexibility index (Phi) is 3.20. The van der Waals surface area contributed by atoms with Gasteiger partial charge in [0.25, 0.3) is 0 Å². The molecule has 94 valence electrons. The van der Waals surface area contributed by atoms with Crippen LogP contribution in [-0.2, 0) is 0 Å². The van der Waals surface area contributed by atoms with E-state index in [1.54, 1.807) is 0 Å². The summed E-state index contributed by atoms with van der Waals surface area (Å²) >= 11 is 0. The van der Waals surface area contributed by atoms with Gasteiger partial charge in [-0.15, -0.1) is 0 Å². The fourth-order valence-electron chi connectivity index (χ4n) is 2.44. The van der Waals surface area contributed by atoms with Crippen LogP contribution in [0, 0.1) is 0 Å². The lowest BCUT2D eigenvalue weighted by molar-refractivity contribution is 1.04. The van der Waals surface area contributed by atoms with E-state index in [0.717, 1.165) is 18.5 Å². The molecule has 1 aliphatic carbocycles. The molecule has 0 radical (unpaired) electrons. The summed E-state index contributed by atoms with van der Waals surface area (Å²) in [6, 6.07) is 16.7. The molecule has 1 nitrogen and oxygen atoms in total. The SMILES string of the molecule is Nc1cc(C2=CCCC=C2)cc(-c2ccccc2)c1. The first-order valence-electron chi connectivity index (χ1n) is 6.66. The molecular formula is C18H17N. The molecule has 2 aromatic rings. The van der Waals surface area contributed by atoms with Crippen LogP contribution >= 0.6 is 0 Å². The lowest BCUT2D eigenvalue weighted by atomic mass is 9.95. The Balaban J connectivity index is 2.06. The molecule has 0 saturated heterocycles. The van der Waals surface area contributed by atoms with E-state index in [1.165, 1.54) is 22.3 Å². The minimum Gasteiger partial charge on any atom is -0.399 e. The molecule has 0 amide bonds. The van der Waals surface area contributed by atoms with E-state index >= 15 is 0 Å². The average Bonchev–Trinajstić information content (AvgIpc) is 2.48. The Labute approximate surface area is 114 Å². The van der Waals surface area contributed by atoms with Crippen molar-refractivity contribution in [3.63, 3.8) is 0 Å². The number of rotatable bonds is 2. The van der Waals surface area contributed by atoms with Crippen LogP contribution in [0.2, 0.25) is 0 Å². The molecule has 0 aliphatic heterocycles. The Bertz CT molecular complexity index is 636. The molecule has 0 spiro atoms. The van der Waals surface area contributed by atoms with E-state index in [1.807, 2.05) is 18.2 Å². The summed E-state index contributed by atoms with van der Waals surface area (Å²) in [6.07, 6.45) is 8.94. The molecule has 0 heterocycles.